The number of benzene rings is 1. The zero-order valence-corrected chi connectivity index (χ0v) is 9.77. The second-order valence-corrected chi connectivity index (χ2v) is 3.85. The van der Waals surface area contributed by atoms with Crippen molar-refractivity contribution in [2.24, 2.45) is 0 Å². The van der Waals surface area contributed by atoms with E-state index in [4.69, 9.17) is 0 Å². The number of carbonyl (C=O) groups is 1. The standard InChI is InChI=1S/C13H13NO3/c1-9-7-12(15)14(8-13(16)17-2)11-6-4-3-5-10(9)11/h3-7H,8H2,1-2H3. The van der Waals surface area contributed by atoms with Crippen molar-refractivity contribution >= 4 is 16.9 Å². The fraction of sp³-hybridized carbons (Fsp3) is 0.231. The van der Waals surface area contributed by atoms with Crippen molar-refractivity contribution in [3.63, 3.8) is 0 Å². The molecule has 4 nitrogen and oxygen atoms in total. The van der Waals surface area contributed by atoms with E-state index in [2.05, 4.69) is 4.74 Å². The average Bonchev–Trinajstić information content (AvgIpc) is 2.34. The van der Waals surface area contributed by atoms with Crippen LogP contribution in [0.25, 0.3) is 10.9 Å². The molecular weight excluding hydrogens is 218 g/mol. The Balaban J connectivity index is 2.69. The van der Waals surface area contributed by atoms with Gasteiger partial charge in [-0.15, -0.1) is 0 Å². The largest absolute Gasteiger partial charge is 0.468 e. The van der Waals surface area contributed by atoms with Crippen LogP contribution in [0.3, 0.4) is 0 Å². The van der Waals surface area contributed by atoms with Gasteiger partial charge in [-0.2, -0.15) is 0 Å². The summed E-state index contributed by atoms with van der Waals surface area (Å²) in [6.07, 6.45) is 0. The molecule has 4 heteroatoms. The van der Waals surface area contributed by atoms with Gasteiger partial charge in [0.1, 0.15) is 6.54 Å². The number of nitrogens with zero attached hydrogens (tertiary/aromatic N) is 1. The summed E-state index contributed by atoms with van der Waals surface area (Å²) < 4.78 is 6.01. The molecule has 0 aliphatic heterocycles. The first kappa shape index (κ1) is 11.4. The van der Waals surface area contributed by atoms with E-state index < -0.39 is 5.97 Å². The zero-order chi connectivity index (χ0) is 12.4. The highest BCUT2D eigenvalue weighted by Gasteiger charge is 2.09. The maximum absolute atomic E-state index is 11.9. The van der Waals surface area contributed by atoms with Crippen molar-refractivity contribution in [2.75, 3.05) is 7.11 Å². The molecule has 17 heavy (non-hydrogen) atoms. The van der Waals surface area contributed by atoms with Crippen molar-refractivity contribution in [3.8, 4) is 0 Å². The Morgan fingerprint density at radius 2 is 2.06 bits per heavy atom. The number of esters is 1. The Hall–Kier alpha value is -2.10. The van der Waals surface area contributed by atoms with E-state index in [9.17, 15) is 9.59 Å². The summed E-state index contributed by atoms with van der Waals surface area (Å²) in [5, 5.41) is 0.969. The Morgan fingerprint density at radius 3 is 2.76 bits per heavy atom. The van der Waals surface area contributed by atoms with Crippen molar-refractivity contribution in [1.82, 2.24) is 4.57 Å². The van der Waals surface area contributed by atoms with E-state index in [0.29, 0.717) is 0 Å². The van der Waals surface area contributed by atoms with Gasteiger partial charge in [0.15, 0.2) is 0 Å². The van der Waals surface area contributed by atoms with Crippen LogP contribution in [-0.2, 0) is 16.1 Å². The quantitative estimate of drug-likeness (QED) is 0.735. The molecule has 88 valence electrons. The fourth-order valence-electron chi connectivity index (χ4n) is 1.86. The lowest BCUT2D eigenvalue weighted by Gasteiger charge is -2.10. The van der Waals surface area contributed by atoms with Gasteiger partial charge >= 0.3 is 5.97 Å². The van der Waals surface area contributed by atoms with Gasteiger partial charge in [-0.05, 0) is 18.6 Å². The first-order valence-corrected chi connectivity index (χ1v) is 5.29. The summed E-state index contributed by atoms with van der Waals surface area (Å²) in [5.74, 6) is -0.430. The summed E-state index contributed by atoms with van der Waals surface area (Å²) in [4.78, 5) is 23.1. The van der Waals surface area contributed by atoms with Crippen LogP contribution in [-0.4, -0.2) is 17.6 Å². The average molecular weight is 231 g/mol. The molecule has 0 aliphatic carbocycles. The van der Waals surface area contributed by atoms with E-state index in [0.717, 1.165) is 16.5 Å². The fourth-order valence-corrected chi connectivity index (χ4v) is 1.86. The molecule has 0 fully saturated rings. The Kier molecular flexibility index (Phi) is 2.95. The number of hydrogen-bond acceptors (Lipinski definition) is 3. The molecule has 1 aromatic carbocycles. The third-order valence-electron chi connectivity index (χ3n) is 2.74. The third kappa shape index (κ3) is 2.06. The number of fused-ring (bicyclic) bond motifs is 1. The number of para-hydroxylation sites is 1. The number of pyridine rings is 1. The monoisotopic (exact) mass is 231 g/mol. The maximum Gasteiger partial charge on any atom is 0.325 e. The molecule has 0 N–H and O–H groups in total. The third-order valence-corrected chi connectivity index (χ3v) is 2.74. The minimum Gasteiger partial charge on any atom is -0.468 e. The van der Waals surface area contributed by atoms with Gasteiger partial charge in [-0.25, -0.2) is 0 Å². The second-order valence-electron chi connectivity index (χ2n) is 3.85. The molecular formula is C13H13NO3. The first-order valence-electron chi connectivity index (χ1n) is 5.29. The summed E-state index contributed by atoms with van der Waals surface area (Å²) in [6, 6.07) is 9.03. The van der Waals surface area contributed by atoms with Crippen LogP contribution in [0.5, 0.6) is 0 Å². The van der Waals surface area contributed by atoms with Gasteiger partial charge in [0.25, 0.3) is 5.56 Å². The summed E-state index contributed by atoms with van der Waals surface area (Å²) in [7, 11) is 1.31. The van der Waals surface area contributed by atoms with Gasteiger partial charge in [0, 0.05) is 11.5 Å². The van der Waals surface area contributed by atoms with Crippen LogP contribution >= 0.6 is 0 Å². The van der Waals surface area contributed by atoms with E-state index in [-0.39, 0.29) is 12.1 Å². The van der Waals surface area contributed by atoms with Gasteiger partial charge in [-0.1, -0.05) is 18.2 Å². The van der Waals surface area contributed by atoms with Crippen LogP contribution in [0.15, 0.2) is 35.1 Å². The molecule has 0 aliphatic rings. The summed E-state index contributed by atoms with van der Waals surface area (Å²) in [5.41, 5.74) is 1.47. The second kappa shape index (κ2) is 4.41. The number of ether oxygens (including phenoxy) is 1. The van der Waals surface area contributed by atoms with Gasteiger partial charge < -0.3 is 4.74 Å². The topological polar surface area (TPSA) is 48.3 Å². The van der Waals surface area contributed by atoms with Crippen LogP contribution in [0.2, 0.25) is 0 Å². The molecule has 2 aromatic rings. The molecule has 1 aromatic heterocycles. The van der Waals surface area contributed by atoms with E-state index in [1.807, 2.05) is 31.2 Å². The summed E-state index contributed by atoms with van der Waals surface area (Å²) in [6.45, 7) is 1.82. The number of aryl methyl sites for hydroxylation is 1. The van der Waals surface area contributed by atoms with Gasteiger partial charge in [-0.3, -0.25) is 14.2 Å². The number of aromatic nitrogens is 1. The van der Waals surface area contributed by atoms with Crippen LogP contribution in [0.1, 0.15) is 5.56 Å². The van der Waals surface area contributed by atoms with E-state index in [1.54, 1.807) is 0 Å². The zero-order valence-electron chi connectivity index (χ0n) is 9.77. The van der Waals surface area contributed by atoms with Crippen molar-refractivity contribution in [2.45, 2.75) is 13.5 Å². The predicted molar refractivity (Wildman–Crippen MR) is 65.0 cm³/mol. The van der Waals surface area contributed by atoms with Crippen LogP contribution in [0, 0.1) is 6.92 Å². The van der Waals surface area contributed by atoms with Gasteiger partial charge in [0.2, 0.25) is 0 Å². The number of rotatable bonds is 2. The molecule has 0 unspecified atom stereocenters. The highest BCUT2D eigenvalue weighted by Crippen LogP contribution is 2.15. The molecule has 0 saturated carbocycles. The molecule has 0 saturated heterocycles. The minimum absolute atomic E-state index is 0.0594. The van der Waals surface area contributed by atoms with Crippen LogP contribution in [0.4, 0.5) is 0 Å². The molecule has 0 amide bonds. The van der Waals surface area contributed by atoms with Crippen molar-refractivity contribution in [3.05, 3.63) is 46.2 Å². The Labute approximate surface area is 98.4 Å². The van der Waals surface area contributed by atoms with E-state index >= 15 is 0 Å². The first-order chi connectivity index (χ1) is 8.13. The predicted octanol–water partition coefficient (Wildman–Crippen LogP) is 1.48. The molecule has 0 bridgehead atoms. The SMILES string of the molecule is COC(=O)Cn1c(=O)cc(C)c2ccccc21. The number of methoxy groups -OCH3 is 1. The highest BCUT2D eigenvalue weighted by molar-refractivity contribution is 5.83. The lowest BCUT2D eigenvalue weighted by Crippen LogP contribution is -2.25. The molecule has 1 heterocycles. The normalized spacial score (nSPS) is 10.5. The van der Waals surface area contributed by atoms with Crippen molar-refractivity contribution < 1.29 is 9.53 Å². The highest BCUT2D eigenvalue weighted by atomic mass is 16.5. The minimum atomic E-state index is -0.430. The molecule has 0 radical (unpaired) electrons. The van der Waals surface area contributed by atoms with E-state index in [1.165, 1.54) is 17.7 Å². The lowest BCUT2D eigenvalue weighted by atomic mass is 10.1. The van der Waals surface area contributed by atoms with Gasteiger partial charge in [0.05, 0.1) is 12.6 Å². The molecule has 0 spiro atoms. The van der Waals surface area contributed by atoms with Crippen LogP contribution < -0.4 is 5.56 Å². The number of carbonyl (C=O) groups excluding carboxylic acids is 1. The molecule has 2 rings (SSSR count). The Morgan fingerprint density at radius 1 is 1.35 bits per heavy atom. The Bertz CT molecular complexity index is 628. The summed E-state index contributed by atoms with van der Waals surface area (Å²) >= 11 is 0. The van der Waals surface area contributed by atoms with Crippen molar-refractivity contribution in [1.29, 1.82) is 0 Å². The lowest BCUT2D eigenvalue weighted by molar-refractivity contribution is -0.141. The maximum atomic E-state index is 11.9. The number of hydrogen-bond donors (Lipinski definition) is 0. The molecule has 0 atom stereocenters. The smallest absolute Gasteiger partial charge is 0.325 e.